The van der Waals surface area contributed by atoms with Crippen molar-refractivity contribution in [2.75, 3.05) is 13.1 Å². The second-order valence-corrected chi connectivity index (χ2v) is 5.50. The molecule has 1 nitrogen and oxygen atoms in total. The Morgan fingerprint density at radius 3 is 3.00 bits per heavy atom. The van der Waals surface area contributed by atoms with Gasteiger partial charge < -0.3 is 5.32 Å². The molecular formula is C8H9BrClNS. The lowest BCUT2D eigenvalue weighted by Crippen LogP contribution is -2.07. The average Bonchev–Trinajstić information content (AvgIpc) is 2.61. The molecule has 1 aliphatic rings. The summed E-state index contributed by atoms with van der Waals surface area (Å²) in [5.74, 6) is 0.679. The van der Waals surface area contributed by atoms with Crippen LogP contribution < -0.4 is 5.32 Å². The van der Waals surface area contributed by atoms with Gasteiger partial charge in [-0.1, -0.05) is 11.6 Å². The lowest BCUT2D eigenvalue weighted by Gasteiger charge is -2.02. The van der Waals surface area contributed by atoms with Crippen molar-refractivity contribution in [3.8, 4) is 0 Å². The van der Waals surface area contributed by atoms with Crippen molar-refractivity contribution in [3.05, 3.63) is 19.8 Å². The standard InChI is InChI=1S/C8H9BrClNS/c9-6-3-7(12-8(6)10)5-1-2-11-4-5/h3,5,11H,1-2,4H2. The molecule has 0 amide bonds. The Morgan fingerprint density at radius 2 is 2.50 bits per heavy atom. The molecule has 12 heavy (non-hydrogen) atoms. The first-order valence-electron chi connectivity index (χ1n) is 3.93. The van der Waals surface area contributed by atoms with Crippen molar-refractivity contribution in [2.45, 2.75) is 12.3 Å². The zero-order chi connectivity index (χ0) is 8.55. The molecule has 1 saturated heterocycles. The summed E-state index contributed by atoms with van der Waals surface area (Å²) in [6.07, 6.45) is 1.24. The minimum Gasteiger partial charge on any atom is -0.316 e. The van der Waals surface area contributed by atoms with E-state index in [0.29, 0.717) is 5.92 Å². The zero-order valence-electron chi connectivity index (χ0n) is 6.44. The predicted molar refractivity (Wildman–Crippen MR) is 57.3 cm³/mol. The summed E-state index contributed by atoms with van der Waals surface area (Å²) < 4.78 is 1.91. The van der Waals surface area contributed by atoms with E-state index in [1.165, 1.54) is 11.3 Å². The molecule has 1 aromatic heterocycles. The first kappa shape index (κ1) is 9.00. The van der Waals surface area contributed by atoms with Crippen LogP contribution in [0.1, 0.15) is 17.2 Å². The van der Waals surface area contributed by atoms with Crippen molar-refractivity contribution in [1.29, 1.82) is 0 Å². The number of hydrogen-bond acceptors (Lipinski definition) is 2. The molecule has 1 aromatic rings. The highest BCUT2D eigenvalue weighted by molar-refractivity contribution is 9.10. The molecule has 2 rings (SSSR count). The maximum absolute atomic E-state index is 5.96. The van der Waals surface area contributed by atoms with Gasteiger partial charge in [-0.05, 0) is 35.0 Å². The van der Waals surface area contributed by atoms with E-state index >= 15 is 0 Å². The normalized spacial score (nSPS) is 23.3. The quantitative estimate of drug-likeness (QED) is 0.823. The van der Waals surface area contributed by atoms with Gasteiger partial charge in [0.2, 0.25) is 0 Å². The van der Waals surface area contributed by atoms with Gasteiger partial charge in [0.15, 0.2) is 0 Å². The van der Waals surface area contributed by atoms with E-state index in [4.69, 9.17) is 11.6 Å². The van der Waals surface area contributed by atoms with Gasteiger partial charge in [0.25, 0.3) is 0 Å². The first-order chi connectivity index (χ1) is 5.77. The molecular weight excluding hydrogens is 258 g/mol. The van der Waals surface area contributed by atoms with Crippen LogP contribution >= 0.6 is 38.9 Å². The lowest BCUT2D eigenvalue weighted by atomic mass is 10.1. The molecule has 1 N–H and O–H groups in total. The fourth-order valence-corrected chi connectivity index (χ4v) is 3.33. The van der Waals surface area contributed by atoms with E-state index in [-0.39, 0.29) is 0 Å². The summed E-state index contributed by atoms with van der Waals surface area (Å²) in [4.78, 5) is 1.40. The minimum absolute atomic E-state index is 0.679. The monoisotopic (exact) mass is 265 g/mol. The smallest absolute Gasteiger partial charge is 0.107 e. The summed E-state index contributed by atoms with van der Waals surface area (Å²) in [7, 11) is 0. The SMILES string of the molecule is Clc1sc(C2CCNC2)cc1Br. The van der Waals surface area contributed by atoms with Gasteiger partial charge in [0.1, 0.15) is 4.34 Å². The van der Waals surface area contributed by atoms with Crippen LogP contribution in [0.15, 0.2) is 10.5 Å². The fraction of sp³-hybridized carbons (Fsp3) is 0.500. The van der Waals surface area contributed by atoms with Gasteiger partial charge in [-0.15, -0.1) is 11.3 Å². The lowest BCUT2D eigenvalue weighted by molar-refractivity contribution is 0.779. The summed E-state index contributed by atoms with van der Waals surface area (Å²) in [5.41, 5.74) is 0. The Hall–Kier alpha value is 0.430. The molecule has 66 valence electrons. The van der Waals surface area contributed by atoms with Crippen LogP contribution in [0, 0.1) is 0 Å². The van der Waals surface area contributed by atoms with Crippen LogP contribution in [0.2, 0.25) is 4.34 Å². The Balaban J connectivity index is 2.21. The molecule has 0 spiro atoms. The van der Waals surface area contributed by atoms with Crippen LogP contribution in [0.25, 0.3) is 0 Å². The molecule has 0 saturated carbocycles. The molecule has 2 heterocycles. The van der Waals surface area contributed by atoms with E-state index in [1.807, 2.05) is 0 Å². The predicted octanol–water partition coefficient (Wildman–Crippen LogP) is 3.24. The highest BCUT2D eigenvalue weighted by Gasteiger charge is 2.19. The van der Waals surface area contributed by atoms with Gasteiger partial charge in [-0.25, -0.2) is 0 Å². The number of nitrogens with one attached hydrogen (secondary N) is 1. The van der Waals surface area contributed by atoms with Gasteiger partial charge in [0, 0.05) is 21.8 Å². The average molecular weight is 267 g/mol. The Morgan fingerprint density at radius 1 is 1.67 bits per heavy atom. The van der Waals surface area contributed by atoms with Crippen molar-refractivity contribution >= 4 is 38.9 Å². The van der Waals surface area contributed by atoms with Crippen LogP contribution in [-0.4, -0.2) is 13.1 Å². The van der Waals surface area contributed by atoms with E-state index in [2.05, 4.69) is 27.3 Å². The maximum Gasteiger partial charge on any atom is 0.107 e. The molecule has 4 heteroatoms. The Kier molecular flexibility index (Phi) is 2.75. The van der Waals surface area contributed by atoms with Gasteiger partial charge in [-0.2, -0.15) is 0 Å². The van der Waals surface area contributed by atoms with Crippen molar-refractivity contribution in [3.63, 3.8) is 0 Å². The largest absolute Gasteiger partial charge is 0.316 e. The van der Waals surface area contributed by atoms with Crippen LogP contribution in [-0.2, 0) is 0 Å². The number of hydrogen-bond donors (Lipinski definition) is 1. The summed E-state index contributed by atoms with van der Waals surface area (Å²) in [5, 5.41) is 3.35. The second kappa shape index (κ2) is 3.66. The zero-order valence-corrected chi connectivity index (χ0v) is 9.60. The number of rotatable bonds is 1. The van der Waals surface area contributed by atoms with Crippen molar-refractivity contribution in [2.24, 2.45) is 0 Å². The molecule has 1 unspecified atom stereocenters. The third-order valence-electron chi connectivity index (χ3n) is 2.13. The maximum atomic E-state index is 5.96. The van der Waals surface area contributed by atoms with Gasteiger partial charge in [-0.3, -0.25) is 0 Å². The second-order valence-electron chi connectivity index (χ2n) is 2.96. The topological polar surface area (TPSA) is 12.0 Å². The molecule has 1 atom stereocenters. The van der Waals surface area contributed by atoms with Crippen molar-refractivity contribution in [1.82, 2.24) is 5.32 Å². The Labute approximate surface area is 89.2 Å². The number of halogens is 2. The molecule has 0 aromatic carbocycles. The fourth-order valence-electron chi connectivity index (χ4n) is 1.46. The molecule has 0 bridgehead atoms. The third-order valence-corrected chi connectivity index (χ3v) is 4.76. The third kappa shape index (κ3) is 1.69. The Bertz CT molecular complexity index is 261. The summed E-state index contributed by atoms with van der Waals surface area (Å²) in [6.45, 7) is 2.24. The molecule has 0 radical (unpaired) electrons. The highest BCUT2D eigenvalue weighted by atomic mass is 79.9. The van der Waals surface area contributed by atoms with Crippen LogP contribution in [0.3, 0.4) is 0 Å². The molecule has 1 fully saturated rings. The molecule has 1 aliphatic heterocycles. The minimum atomic E-state index is 0.679. The summed E-state index contributed by atoms with van der Waals surface area (Å²) in [6, 6.07) is 2.14. The first-order valence-corrected chi connectivity index (χ1v) is 5.91. The van der Waals surface area contributed by atoms with Crippen LogP contribution in [0.5, 0.6) is 0 Å². The number of thiophene rings is 1. The van der Waals surface area contributed by atoms with Crippen molar-refractivity contribution < 1.29 is 0 Å². The van der Waals surface area contributed by atoms with E-state index in [1.54, 1.807) is 11.3 Å². The highest BCUT2D eigenvalue weighted by Crippen LogP contribution is 2.37. The molecule has 0 aliphatic carbocycles. The van der Waals surface area contributed by atoms with Crippen LogP contribution in [0.4, 0.5) is 0 Å². The summed E-state index contributed by atoms with van der Waals surface area (Å²) >= 11 is 11.1. The van der Waals surface area contributed by atoms with Gasteiger partial charge >= 0.3 is 0 Å². The van der Waals surface area contributed by atoms with E-state index in [0.717, 1.165) is 21.9 Å². The van der Waals surface area contributed by atoms with Gasteiger partial charge in [0.05, 0.1) is 0 Å². The van der Waals surface area contributed by atoms with E-state index in [9.17, 15) is 0 Å². The van der Waals surface area contributed by atoms with E-state index < -0.39 is 0 Å².